The van der Waals surface area contributed by atoms with Gasteiger partial charge in [0.2, 0.25) is 0 Å². The van der Waals surface area contributed by atoms with Gasteiger partial charge in [-0.2, -0.15) is 8.42 Å². The Morgan fingerprint density at radius 3 is 2.24 bits per heavy atom. The number of morpholine rings is 1. The first-order valence-electron chi connectivity index (χ1n) is 7.06. The smallest absolute Gasteiger partial charge is 0.410 e. The quantitative estimate of drug-likeness (QED) is 0.723. The van der Waals surface area contributed by atoms with Crippen molar-refractivity contribution < 1.29 is 26.6 Å². The molecule has 2 fully saturated rings. The molecule has 0 aromatic rings. The fourth-order valence-corrected chi connectivity index (χ4v) is 3.89. The summed E-state index contributed by atoms with van der Waals surface area (Å²) in [6, 6.07) is -0.502. The second-order valence-corrected chi connectivity index (χ2v) is 8.19. The van der Waals surface area contributed by atoms with Gasteiger partial charge < -0.3 is 9.47 Å². The molecule has 2 saturated heterocycles. The van der Waals surface area contributed by atoms with Crippen molar-refractivity contribution in [3.8, 4) is 0 Å². The van der Waals surface area contributed by atoms with Gasteiger partial charge in [0, 0.05) is 0 Å². The van der Waals surface area contributed by atoms with E-state index in [0.29, 0.717) is 26.1 Å². The van der Waals surface area contributed by atoms with Crippen LogP contribution in [0, 0.1) is 5.92 Å². The van der Waals surface area contributed by atoms with Gasteiger partial charge in [-0.1, -0.05) is 0 Å². The van der Waals surface area contributed by atoms with Crippen molar-refractivity contribution in [1.82, 2.24) is 4.90 Å². The number of carbonyl (C=O) groups is 1. The molecule has 0 N–H and O–H groups in total. The Hall–Kier alpha value is -0.890. The number of rotatable bonds is 2. The first-order valence-corrected chi connectivity index (χ1v) is 8.62. The average molecular weight is 323 g/mol. The highest BCUT2D eigenvalue weighted by molar-refractivity contribution is 7.86. The zero-order valence-electron chi connectivity index (χ0n) is 12.5. The molecule has 21 heavy (non-hydrogen) atoms. The SMILES string of the molecule is CC(C)(C)OC(=O)N1C2COCC1CC(CS(=O)(=O)F)C2. The van der Waals surface area contributed by atoms with E-state index in [1.165, 1.54) is 0 Å². The normalized spacial score (nSPS) is 30.1. The second kappa shape index (κ2) is 5.72. The second-order valence-electron chi connectivity index (χ2n) is 6.78. The van der Waals surface area contributed by atoms with Gasteiger partial charge in [0.15, 0.2) is 0 Å². The van der Waals surface area contributed by atoms with E-state index in [4.69, 9.17) is 9.47 Å². The van der Waals surface area contributed by atoms with Crippen LogP contribution in [0.15, 0.2) is 0 Å². The molecule has 0 aromatic carbocycles. The molecule has 8 heteroatoms. The summed E-state index contributed by atoms with van der Waals surface area (Å²) in [5.74, 6) is -0.764. The van der Waals surface area contributed by atoms with Crippen molar-refractivity contribution in [1.29, 1.82) is 0 Å². The van der Waals surface area contributed by atoms with E-state index in [-0.39, 0.29) is 18.0 Å². The third kappa shape index (κ3) is 4.54. The van der Waals surface area contributed by atoms with Crippen LogP contribution in [0.4, 0.5) is 8.68 Å². The number of amides is 1. The van der Waals surface area contributed by atoms with Crippen LogP contribution in [0.2, 0.25) is 0 Å². The van der Waals surface area contributed by atoms with Gasteiger partial charge in [-0.15, -0.1) is 3.89 Å². The predicted molar refractivity (Wildman–Crippen MR) is 74.1 cm³/mol. The largest absolute Gasteiger partial charge is 0.444 e. The van der Waals surface area contributed by atoms with Gasteiger partial charge in [0.05, 0.1) is 31.1 Å². The highest BCUT2D eigenvalue weighted by Crippen LogP contribution is 2.33. The average Bonchev–Trinajstić information content (AvgIpc) is 2.22. The molecule has 2 atom stereocenters. The minimum Gasteiger partial charge on any atom is -0.444 e. The number of ether oxygens (including phenoxy) is 2. The summed E-state index contributed by atoms with van der Waals surface area (Å²) < 4.78 is 45.3. The maximum Gasteiger partial charge on any atom is 0.410 e. The summed E-state index contributed by atoms with van der Waals surface area (Å²) in [7, 11) is -4.50. The molecule has 0 spiro atoms. The van der Waals surface area contributed by atoms with Crippen LogP contribution in [0.1, 0.15) is 33.6 Å². The van der Waals surface area contributed by atoms with Crippen LogP contribution >= 0.6 is 0 Å². The van der Waals surface area contributed by atoms with Crippen LogP contribution in [-0.4, -0.2) is 56.1 Å². The van der Waals surface area contributed by atoms with Crippen LogP contribution in [0.25, 0.3) is 0 Å². The Morgan fingerprint density at radius 1 is 1.29 bits per heavy atom. The minimum atomic E-state index is -4.50. The Labute approximate surface area is 124 Å². The molecular weight excluding hydrogens is 301 g/mol. The standard InChI is InChI=1S/C13H22FNO5S/c1-13(2,3)20-12(16)15-10-4-9(8-21(14,17)18)5-11(15)7-19-6-10/h9-11H,4-8H2,1-3H3. The summed E-state index contributed by atoms with van der Waals surface area (Å²) >= 11 is 0. The molecule has 2 rings (SSSR count). The monoisotopic (exact) mass is 323 g/mol. The molecular formula is C13H22FNO5S. The number of nitrogens with zero attached hydrogens (tertiary/aromatic N) is 1. The van der Waals surface area contributed by atoms with E-state index >= 15 is 0 Å². The molecule has 122 valence electrons. The third-order valence-electron chi connectivity index (χ3n) is 3.66. The van der Waals surface area contributed by atoms with Gasteiger partial charge in [-0.25, -0.2) is 4.79 Å². The molecule has 2 aliphatic heterocycles. The topological polar surface area (TPSA) is 72.9 Å². The number of hydrogen-bond acceptors (Lipinski definition) is 5. The fraction of sp³-hybridized carbons (Fsp3) is 0.923. The molecule has 0 saturated carbocycles. The van der Waals surface area contributed by atoms with E-state index in [1.54, 1.807) is 25.7 Å². The van der Waals surface area contributed by atoms with Gasteiger partial charge in [0.1, 0.15) is 5.60 Å². The maximum absolute atomic E-state index is 12.9. The third-order valence-corrected chi connectivity index (χ3v) is 4.53. The van der Waals surface area contributed by atoms with Crippen LogP contribution in [-0.2, 0) is 19.7 Å². The fourth-order valence-electron chi connectivity index (χ4n) is 3.06. The molecule has 6 nitrogen and oxygen atoms in total. The molecule has 0 aromatic heterocycles. The lowest BCUT2D eigenvalue weighted by molar-refractivity contribution is -0.0875. The van der Waals surface area contributed by atoms with Gasteiger partial charge in [-0.3, -0.25) is 4.90 Å². The number of halogens is 1. The van der Waals surface area contributed by atoms with E-state index in [1.807, 2.05) is 0 Å². The van der Waals surface area contributed by atoms with E-state index < -0.39 is 27.7 Å². The summed E-state index contributed by atoms with van der Waals surface area (Å²) in [6.45, 7) is 6.04. The predicted octanol–water partition coefficient (Wildman–Crippen LogP) is 1.70. The van der Waals surface area contributed by atoms with E-state index in [9.17, 15) is 17.1 Å². The van der Waals surface area contributed by atoms with E-state index in [0.717, 1.165) is 0 Å². The Balaban J connectivity index is 2.07. The van der Waals surface area contributed by atoms with Crippen molar-refractivity contribution in [2.24, 2.45) is 5.92 Å². The lowest BCUT2D eigenvalue weighted by atomic mass is 9.86. The number of carbonyl (C=O) groups excluding carboxylic acids is 1. The number of fused-ring (bicyclic) bond motifs is 2. The van der Waals surface area contributed by atoms with Crippen LogP contribution < -0.4 is 0 Å². The summed E-state index contributed by atoms with van der Waals surface area (Å²) in [5, 5.41) is 0. The summed E-state index contributed by atoms with van der Waals surface area (Å²) in [5.41, 5.74) is -0.592. The molecule has 0 aliphatic carbocycles. The highest BCUT2D eigenvalue weighted by atomic mass is 32.3. The van der Waals surface area contributed by atoms with Gasteiger partial charge >= 0.3 is 16.3 Å². The summed E-state index contributed by atoms with van der Waals surface area (Å²) in [4.78, 5) is 13.9. The maximum atomic E-state index is 12.9. The first-order chi connectivity index (χ1) is 9.55. The Morgan fingerprint density at radius 2 is 1.81 bits per heavy atom. The number of piperidine rings is 1. The first kappa shape index (κ1) is 16.5. The molecule has 1 amide bonds. The molecule has 2 unspecified atom stereocenters. The van der Waals surface area contributed by atoms with Crippen molar-refractivity contribution in [2.45, 2.75) is 51.3 Å². The zero-order valence-corrected chi connectivity index (χ0v) is 13.4. The lowest BCUT2D eigenvalue weighted by Crippen LogP contribution is -2.60. The Kier molecular flexibility index (Phi) is 4.49. The van der Waals surface area contributed by atoms with Crippen LogP contribution in [0.5, 0.6) is 0 Å². The zero-order chi connectivity index (χ0) is 15.8. The van der Waals surface area contributed by atoms with Crippen LogP contribution in [0.3, 0.4) is 0 Å². The minimum absolute atomic E-state index is 0.251. The molecule has 2 bridgehead atoms. The summed E-state index contributed by atoms with van der Waals surface area (Å²) in [6.07, 6.45) is 0.417. The van der Waals surface area contributed by atoms with Gasteiger partial charge in [-0.05, 0) is 39.5 Å². The molecule has 0 radical (unpaired) electrons. The van der Waals surface area contributed by atoms with E-state index in [2.05, 4.69) is 0 Å². The van der Waals surface area contributed by atoms with Crippen molar-refractivity contribution in [3.05, 3.63) is 0 Å². The van der Waals surface area contributed by atoms with Crippen molar-refractivity contribution in [3.63, 3.8) is 0 Å². The lowest BCUT2D eigenvalue weighted by Gasteiger charge is -2.48. The van der Waals surface area contributed by atoms with Gasteiger partial charge in [0.25, 0.3) is 0 Å². The molecule has 2 heterocycles. The Bertz CT molecular complexity index is 487. The highest BCUT2D eigenvalue weighted by Gasteiger charge is 2.44. The van der Waals surface area contributed by atoms with Crippen molar-refractivity contribution in [2.75, 3.05) is 19.0 Å². The number of hydrogen-bond donors (Lipinski definition) is 0. The molecule has 2 aliphatic rings. The van der Waals surface area contributed by atoms with Crippen molar-refractivity contribution >= 4 is 16.3 Å².